The van der Waals surface area contributed by atoms with Crippen molar-refractivity contribution >= 4 is 17.6 Å². The number of aromatic nitrogens is 4. The summed E-state index contributed by atoms with van der Waals surface area (Å²) in [4.78, 5) is 8.79. The van der Waals surface area contributed by atoms with Crippen molar-refractivity contribution < 1.29 is 0 Å². The van der Waals surface area contributed by atoms with Gasteiger partial charge in [0.1, 0.15) is 5.82 Å². The van der Waals surface area contributed by atoms with E-state index in [2.05, 4.69) is 33.6 Å². The Morgan fingerprint density at radius 2 is 2.16 bits per heavy atom. The highest BCUT2D eigenvalue weighted by Gasteiger charge is 2.08. The Bertz CT molecular complexity index is 552. The number of rotatable bonds is 5. The molecule has 0 spiro atoms. The third-order valence-corrected chi connectivity index (χ3v) is 3.49. The summed E-state index contributed by atoms with van der Waals surface area (Å²) in [6.45, 7) is 6.12. The van der Waals surface area contributed by atoms with Crippen molar-refractivity contribution in [1.29, 1.82) is 0 Å². The molecule has 2 rings (SSSR count). The second kappa shape index (κ2) is 6.06. The van der Waals surface area contributed by atoms with Crippen LogP contribution in [-0.2, 0) is 0 Å². The van der Waals surface area contributed by atoms with Gasteiger partial charge >= 0.3 is 0 Å². The molecule has 2 heterocycles. The SMILES string of the molecule is CSCC(C)Nc1cncc(-n2nc(C)cc2C)n1. The molecule has 19 heavy (non-hydrogen) atoms. The number of hydrogen-bond acceptors (Lipinski definition) is 5. The first kappa shape index (κ1) is 13.9. The van der Waals surface area contributed by atoms with Crippen LogP contribution in [0, 0.1) is 13.8 Å². The topological polar surface area (TPSA) is 55.6 Å². The number of hydrogen-bond donors (Lipinski definition) is 1. The Labute approximate surface area is 117 Å². The molecule has 0 bridgehead atoms. The minimum Gasteiger partial charge on any atom is -0.365 e. The number of thioether (sulfide) groups is 1. The average Bonchev–Trinajstić information content (AvgIpc) is 2.69. The number of aryl methyl sites for hydroxylation is 2. The zero-order valence-electron chi connectivity index (χ0n) is 11.7. The van der Waals surface area contributed by atoms with Gasteiger partial charge in [-0.1, -0.05) is 0 Å². The van der Waals surface area contributed by atoms with Crippen LogP contribution in [0.4, 0.5) is 5.82 Å². The van der Waals surface area contributed by atoms with Crippen LogP contribution in [0.2, 0.25) is 0 Å². The summed E-state index contributed by atoms with van der Waals surface area (Å²) in [5.74, 6) is 2.56. The van der Waals surface area contributed by atoms with Gasteiger partial charge < -0.3 is 5.32 Å². The summed E-state index contributed by atoms with van der Waals surface area (Å²) in [7, 11) is 0. The number of nitrogens with one attached hydrogen (secondary N) is 1. The molecule has 0 aliphatic carbocycles. The molecule has 6 heteroatoms. The van der Waals surface area contributed by atoms with Crippen LogP contribution in [0.3, 0.4) is 0 Å². The molecular weight excluding hydrogens is 258 g/mol. The van der Waals surface area contributed by atoms with E-state index in [9.17, 15) is 0 Å². The highest BCUT2D eigenvalue weighted by molar-refractivity contribution is 7.98. The molecule has 1 unspecified atom stereocenters. The van der Waals surface area contributed by atoms with E-state index in [1.54, 1.807) is 12.4 Å². The first-order valence-electron chi connectivity index (χ1n) is 6.21. The van der Waals surface area contributed by atoms with E-state index in [1.165, 1.54) is 0 Å². The van der Waals surface area contributed by atoms with Crippen LogP contribution in [0.5, 0.6) is 0 Å². The standard InChI is InChI=1S/C13H19N5S/c1-9-5-11(3)18(17-9)13-7-14-6-12(16-13)15-10(2)8-19-4/h5-7,10H,8H2,1-4H3,(H,15,16). The van der Waals surface area contributed by atoms with Gasteiger partial charge in [-0.2, -0.15) is 16.9 Å². The van der Waals surface area contributed by atoms with Crippen molar-refractivity contribution in [2.24, 2.45) is 0 Å². The summed E-state index contributed by atoms with van der Waals surface area (Å²) in [6, 6.07) is 2.39. The summed E-state index contributed by atoms with van der Waals surface area (Å²) in [5.41, 5.74) is 2.04. The Hall–Kier alpha value is -1.56. The lowest BCUT2D eigenvalue weighted by Gasteiger charge is -2.13. The Morgan fingerprint density at radius 1 is 1.37 bits per heavy atom. The van der Waals surface area contributed by atoms with E-state index < -0.39 is 0 Å². The highest BCUT2D eigenvalue weighted by atomic mass is 32.2. The Kier molecular flexibility index (Phi) is 4.42. The monoisotopic (exact) mass is 277 g/mol. The van der Waals surface area contributed by atoms with Crippen LogP contribution < -0.4 is 5.32 Å². The van der Waals surface area contributed by atoms with Crippen LogP contribution >= 0.6 is 11.8 Å². The molecule has 102 valence electrons. The van der Waals surface area contributed by atoms with E-state index in [4.69, 9.17) is 0 Å². The first-order valence-corrected chi connectivity index (χ1v) is 7.60. The second-order valence-electron chi connectivity index (χ2n) is 4.60. The minimum absolute atomic E-state index is 0.361. The van der Waals surface area contributed by atoms with Gasteiger partial charge in [-0.25, -0.2) is 9.67 Å². The van der Waals surface area contributed by atoms with Crippen LogP contribution in [0.25, 0.3) is 5.82 Å². The maximum Gasteiger partial charge on any atom is 0.174 e. The molecule has 0 aliphatic heterocycles. The predicted octanol–water partition coefficient (Wildman–Crippen LogP) is 2.44. The van der Waals surface area contributed by atoms with Gasteiger partial charge in [0.2, 0.25) is 0 Å². The van der Waals surface area contributed by atoms with Gasteiger partial charge in [0, 0.05) is 17.5 Å². The van der Waals surface area contributed by atoms with Crippen molar-refractivity contribution in [2.75, 3.05) is 17.3 Å². The summed E-state index contributed by atoms with van der Waals surface area (Å²) in [5, 5.41) is 7.76. The maximum absolute atomic E-state index is 4.56. The highest BCUT2D eigenvalue weighted by Crippen LogP contribution is 2.12. The molecule has 5 nitrogen and oxygen atoms in total. The van der Waals surface area contributed by atoms with Gasteiger partial charge in [0.15, 0.2) is 5.82 Å². The van der Waals surface area contributed by atoms with Crippen LogP contribution in [-0.4, -0.2) is 37.8 Å². The fourth-order valence-electron chi connectivity index (χ4n) is 1.93. The van der Waals surface area contributed by atoms with Crippen molar-refractivity contribution in [2.45, 2.75) is 26.8 Å². The van der Waals surface area contributed by atoms with Gasteiger partial charge in [-0.15, -0.1) is 0 Å². The quantitative estimate of drug-likeness (QED) is 0.909. The zero-order chi connectivity index (χ0) is 13.8. The fraction of sp³-hybridized carbons (Fsp3) is 0.462. The summed E-state index contributed by atoms with van der Waals surface area (Å²) < 4.78 is 1.81. The lowest BCUT2D eigenvalue weighted by molar-refractivity contribution is 0.795. The van der Waals surface area contributed by atoms with E-state index in [0.29, 0.717) is 6.04 Å². The molecule has 2 aromatic heterocycles. The molecule has 1 atom stereocenters. The van der Waals surface area contributed by atoms with Crippen molar-refractivity contribution in [1.82, 2.24) is 19.7 Å². The normalized spacial score (nSPS) is 12.4. The molecule has 1 N–H and O–H groups in total. The molecule has 0 aliphatic rings. The van der Waals surface area contributed by atoms with E-state index in [1.807, 2.05) is 36.4 Å². The van der Waals surface area contributed by atoms with Crippen molar-refractivity contribution in [3.63, 3.8) is 0 Å². The van der Waals surface area contributed by atoms with E-state index in [-0.39, 0.29) is 0 Å². The fourth-order valence-corrected chi connectivity index (χ4v) is 2.52. The Balaban J connectivity index is 2.22. The van der Waals surface area contributed by atoms with Gasteiger partial charge in [0.05, 0.1) is 18.1 Å². The minimum atomic E-state index is 0.361. The lowest BCUT2D eigenvalue weighted by atomic mass is 10.4. The Morgan fingerprint density at radius 3 is 2.79 bits per heavy atom. The molecule has 0 radical (unpaired) electrons. The maximum atomic E-state index is 4.56. The third kappa shape index (κ3) is 3.47. The average molecular weight is 277 g/mol. The molecule has 0 amide bonds. The molecule has 0 fully saturated rings. The largest absolute Gasteiger partial charge is 0.365 e. The first-order chi connectivity index (χ1) is 9.10. The van der Waals surface area contributed by atoms with Crippen LogP contribution in [0.15, 0.2) is 18.5 Å². The van der Waals surface area contributed by atoms with Gasteiger partial charge in [-0.05, 0) is 33.1 Å². The van der Waals surface area contributed by atoms with Gasteiger partial charge in [-0.3, -0.25) is 4.98 Å². The summed E-state index contributed by atoms with van der Waals surface area (Å²) in [6.07, 6.45) is 5.56. The van der Waals surface area contributed by atoms with Crippen LogP contribution in [0.1, 0.15) is 18.3 Å². The summed E-state index contributed by atoms with van der Waals surface area (Å²) >= 11 is 1.81. The van der Waals surface area contributed by atoms with Crippen molar-refractivity contribution in [3.05, 3.63) is 29.8 Å². The van der Waals surface area contributed by atoms with Crippen molar-refractivity contribution in [3.8, 4) is 5.82 Å². The lowest BCUT2D eigenvalue weighted by Crippen LogP contribution is -2.19. The predicted molar refractivity (Wildman–Crippen MR) is 80.1 cm³/mol. The number of nitrogens with zero attached hydrogens (tertiary/aromatic N) is 4. The zero-order valence-corrected chi connectivity index (χ0v) is 12.5. The molecular formula is C13H19N5S. The van der Waals surface area contributed by atoms with E-state index in [0.717, 1.165) is 28.8 Å². The van der Waals surface area contributed by atoms with Gasteiger partial charge in [0.25, 0.3) is 0 Å². The third-order valence-electron chi connectivity index (χ3n) is 2.66. The number of anilines is 1. The molecule has 0 aromatic carbocycles. The van der Waals surface area contributed by atoms with E-state index >= 15 is 0 Å². The molecule has 2 aromatic rings. The molecule has 0 saturated carbocycles. The smallest absolute Gasteiger partial charge is 0.174 e. The molecule has 0 saturated heterocycles. The second-order valence-corrected chi connectivity index (χ2v) is 5.51.